The van der Waals surface area contributed by atoms with Crippen molar-refractivity contribution >= 4 is 0 Å². The molecular formula is C17H30O. The number of aliphatic hydroxyl groups is 1. The first-order valence-corrected chi connectivity index (χ1v) is 7.29. The van der Waals surface area contributed by atoms with E-state index in [1.807, 2.05) is 13.0 Å². The molecule has 1 unspecified atom stereocenters. The maximum absolute atomic E-state index is 10.3. The van der Waals surface area contributed by atoms with Crippen LogP contribution in [0.4, 0.5) is 0 Å². The van der Waals surface area contributed by atoms with E-state index in [2.05, 4.69) is 33.9 Å². The fraction of sp³-hybridized carbons (Fsp3) is 0.765. The van der Waals surface area contributed by atoms with Gasteiger partial charge in [0.05, 0.1) is 6.10 Å². The van der Waals surface area contributed by atoms with Gasteiger partial charge in [0.2, 0.25) is 0 Å². The number of hydrogen-bond acceptors (Lipinski definition) is 1. The zero-order valence-electron chi connectivity index (χ0n) is 12.6. The van der Waals surface area contributed by atoms with Crippen LogP contribution >= 0.6 is 0 Å². The molecule has 0 aromatic heterocycles. The fourth-order valence-electron chi connectivity index (χ4n) is 3.96. The molecule has 1 rings (SSSR count). The van der Waals surface area contributed by atoms with Gasteiger partial charge in [-0.25, -0.2) is 0 Å². The maximum atomic E-state index is 10.3. The van der Waals surface area contributed by atoms with E-state index >= 15 is 0 Å². The molecule has 0 bridgehead atoms. The molecule has 1 N–H and O–H groups in total. The van der Waals surface area contributed by atoms with Crippen molar-refractivity contribution in [3.8, 4) is 0 Å². The lowest BCUT2D eigenvalue weighted by Gasteiger charge is -2.42. The molecule has 1 aliphatic carbocycles. The molecule has 1 fully saturated rings. The minimum Gasteiger partial charge on any atom is -0.389 e. The summed E-state index contributed by atoms with van der Waals surface area (Å²) in [5.41, 5.74) is 1.11. The number of aliphatic hydroxyl groups excluding tert-OH is 1. The Morgan fingerprint density at radius 2 is 2.06 bits per heavy atom. The van der Waals surface area contributed by atoms with Crippen molar-refractivity contribution < 1.29 is 5.11 Å². The minimum absolute atomic E-state index is 0.217. The summed E-state index contributed by atoms with van der Waals surface area (Å²) in [6, 6.07) is 0. The van der Waals surface area contributed by atoms with Crippen LogP contribution in [0.3, 0.4) is 0 Å². The topological polar surface area (TPSA) is 20.2 Å². The van der Waals surface area contributed by atoms with Crippen molar-refractivity contribution in [1.29, 1.82) is 0 Å². The van der Waals surface area contributed by atoms with Crippen LogP contribution in [0.5, 0.6) is 0 Å². The standard InChI is InChI=1S/C17H30O/c1-7-10-17(11-16(18)13(4)5)14(6)8-9-15(17)12(2)3/h7,12,14-16,18H,1,4,8-11H2,2-3,5-6H3/t14-,15-,16?,17-/m1/s1. The van der Waals surface area contributed by atoms with E-state index in [0.29, 0.717) is 17.8 Å². The number of hydrogen-bond donors (Lipinski definition) is 1. The van der Waals surface area contributed by atoms with Gasteiger partial charge < -0.3 is 5.11 Å². The van der Waals surface area contributed by atoms with Gasteiger partial charge in [0.1, 0.15) is 0 Å². The van der Waals surface area contributed by atoms with Crippen LogP contribution < -0.4 is 0 Å². The molecule has 1 heteroatoms. The lowest BCUT2D eigenvalue weighted by atomic mass is 9.63. The molecule has 0 saturated heterocycles. The monoisotopic (exact) mass is 250 g/mol. The highest BCUT2D eigenvalue weighted by atomic mass is 16.3. The Balaban J connectivity index is 3.01. The SMILES string of the molecule is C=CC[C@@]1(CC(O)C(=C)C)[C@H](C)CC[C@@H]1C(C)C. The lowest BCUT2D eigenvalue weighted by Crippen LogP contribution is -2.37. The Kier molecular flexibility index (Phi) is 5.21. The van der Waals surface area contributed by atoms with Gasteiger partial charge in [0.15, 0.2) is 0 Å². The first kappa shape index (κ1) is 15.5. The van der Waals surface area contributed by atoms with Crippen LogP contribution in [0.1, 0.15) is 53.4 Å². The second-order valence-electron chi connectivity index (χ2n) is 6.62. The Labute approximate surface area is 113 Å². The summed E-state index contributed by atoms with van der Waals surface area (Å²) in [4.78, 5) is 0. The highest BCUT2D eigenvalue weighted by molar-refractivity contribution is 5.06. The van der Waals surface area contributed by atoms with Gasteiger partial charge in [-0.3, -0.25) is 0 Å². The van der Waals surface area contributed by atoms with Crippen LogP contribution in [0.25, 0.3) is 0 Å². The summed E-state index contributed by atoms with van der Waals surface area (Å²) < 4.78 is 0. The summed E-state index contributed by atoms with van der Waals surface area (Å²) in [5, 5.41) is 10.3. The summed E-state index contributed by atoms with van der Waals surface area (Å²) in [5.74, 6) is 2.03. The molecule has 0 spiro atoms. The van der Waals surface area contributed by atoms with Crippen molar-refractivity contribution in [3.05, 3.63) is 24.8 Å². The average molecular weight is 250 g/mol. The van der Waals surface area contributed by atoms with Crippen molar-refractivity contribution in [2.45, 2.75) is 59.5 Å². The third kappa shape index (κ3) is 2.88. The molecule has 1 aliphatic rings. The zero-order chi connectivity index (χ0) is 13.9. The van der Waals surface area contributed by atoms with Crippen LogP contribution in [-0.2, 0) is 0 Å². The molecule has 1 saturated carbocycles. The normalized spacial score (nSPS) is 33.7. The van der Waals surface area contributed by atoms with Gasteiger partial charge in [-0.2, -0.15) is 0 Å². The van der Waals surface area contributed by atoms with Gasteiger partial charge in [0.25, 0.3) is 0 Å². The summed E-state index contributed by atoms with van der Waals surface area (Å²) >= 11 is 0. The summed E-state index contributed by atoms with van der Waals surface area (Å²) in [6.07, 6.45) is 6.10. The minimum atomic E-state index is -0.369. The van der Waals surface area contributed by atoms with Crippen molar-refractivity contribution in [2.24, 2.45) is 23.2 Å². The van der Waals surface area contributed by atoms with Crippen LogP contribution in [0, 0.1) is 23.2 Å². The van der Waals surface area contributed by atoms with Gasteiger partial charge in [-0.05, 0) is 55.8 Å². The Bertz CT molecular complexity index is 305. The number of allylic oxidation sites excluding steroid dienone is 1. The highest BCUT2D eigenvalue weighted by Gasteiger charge is 2.48. The predicted octanol–water partition coefficient (Wildman–Crippen LogP) is 4.58. The fourth-order valence-corrected chi connectivity index (χ4v) is 3.96. The first-order chi connectivity index (χ1) is 8.35. The molecule has 0 amide bonds. The van der Waals surface area contributed by atoms with E-state index in [0.717, 1.165) is 18.4 Å². The van der Waals surface area contributed by atoms with E-state index in [9.17, 15) is 5.11 Å². The highest BCUT2D eigenvalue weighted by Crippen LogP contribution is 2.56. The third-order valence-electron chi connectivity index (χ3n) is 5.10. The number of rotatable bonds is 6. The summed E-state index contributed by atoms with van der Waals surface area (Å²) in [7, 11) is 0. The van der Waals surface area contributed by atoms with E-state index in [1.54, 1.807) is 0 Å². The third-order valence-corrected chi connectivity index (χ3v) is 5.10. The van der Waals surface area contributed by atoms with Crippen LogP contribution in [-0.4, -0.2) is 11.2 Å². The molecule has 18 heavy (non-hydrogen) atoms. The van der Waals surface area contributed by atoms with Crippen LogP contribution in [0.15, 0.2) is 24.8 Å². The van der Waals surface area contributed by atoms with E-state index in [1.165, 1.54) is 12.8 Å². The van der Waals surface area contributed by atoms with Gasteiger partial charge in [0, 0.05) is 0 Å². The lowest BCUT2D eigenvalue weighted by molar-refractivity contribution is 0.0432. The second kappa shape index (κ2) is 6.06. The predicted molar refractivity (Wildman–Crippen MR) is 79.4 cm³/mol. The Morgan fingerprint density at radius 1 is 1.44 bits per heavy atom. The molecule has 0 radical (unpaired) electrons. The van der Waals surface area contributed by atoms with Gasteiger partial charge in [-0.15, -0.1) is 6.58 Å². The Morgan fingerprint density at radius 3 is 2.50 bits per heavy atom. The molecule has 0 aromatic rings. The van der Waals surface area contributed by atoms with Crippen molar-refractivity contribution in [2.75, 3.05) is 0 Å². The van der Waals surface area contributed by atoms with E-state index < -0.39 is 0 Å². The zero-order valence-corrected chi connectivity index (χ0v) is 12.6. The molecule has 1 nitrogen and oxygen atoms in total. The van der Waals surface area contributed by atoms with Gasteiger partial charge >= 0.3 is 0 Å². The van der Waals surface area contributed by atoms with E-state index in [4.69, 9.17) is 0 Å². The van der Waals surface area contributed by atoms with Crippen molar-refractivity contribution in [3.63, 3.8) is 0 Å². The Hall–Kier alpha value is -0.560. The van der Waals surface area contributed by atoms with E-state index in [-0.39, 0.29) is 11.5 Å². The molecule has 104 valence electrons. The van der Waals surface area contributed by atoms with Crippen LogP contribution in [0.2, 0.25) is 0 Å². The largest absolute Gasteiger partial charge is 0.389 e. The second-order valence-corrected chi connectivity index (χ2v) is 6.62. The maximum Gasteiger partial charge on any atom is 0.0750 e. The molecular weight excluding hydrogens is 220 g/mol. The molecule has 4 atom stereocenters. The first-order valence-electron chi connectivity index (χ1n) is 7.29. The smallest absolute Gasteiger partial charge is 0.0750 e. The molecule has 0 heterocycles. The quantitative estimate of drug-likeness (QED) is 0.684. The molecule has 0 aromatic carbocycles. The summed E-state index contributed by atoms with van der Waals surface area (Å²) in [6.45, 7) is 16.8. The van der Waals surface area contributed by atoms with Gasteiger partial charge in [-0.1, -0.05) is 39.0 Å². The molecule has 0 aliphatic heterocycles. The van der Waals surface area contributed by atoms with Crippen molar-refractivity contribution in [1.82, 2.24) is 0 Å². The average Bonchev–Trinajstić information content (AvgIpc) is 2.57.